The molecule has 0 aliphatic carbocycles. The van der Waals surface area contributed by atoms with E-state index >= 15 is 0 Å². The van der Waals surface area contributed by atoms with Gasteiger partial charge in [0.1, 0.15) is 0 Å². The Hall–Kier alpha value is -11.2. The third-order valence-electron chi connectivity index (χ3n) is 16.8. The van der Waals surface area contributed by atoms with Crippen LogP contribution in [0.1, 0.15) is 0 Å². The lowest BCUT2D eigenvalue weighted by molar-refractivity contribution is 1.18. The van der Waals surface area contributed by atoms with Crippen LogP contribution in [-0.4, -0.2) is 9.13 Å². The third kappa shape index (κ3) is 8.22. The number of anilines is 6. The molecule has 16 rings (SSSR count). The standard InChI is InChI=1S/C80H54N4/c1-5-23-55(24-6-1)58-27-21-33-63(51-58)81(65-47-49-77-73(53-65)67-35-17-19-41-75(67)83(77)60-29-9-3-10-30-60)62-45-43-57(44-46-62)79-69-37-13-15-39-71(69)80(72-40-16-14-38-70(72)79)82(64-34-22-28-59(52-64)56-25-7-2-8-26-56)66-48-50-78-74(54-66)68-36-18-20-42-76(68)84(78)61-31-11-4-12-32-61/h1-54H. The molecule has 0 fully saturated rings. The molecule has 0 unspecified atom stereocenters. The Morgan fingerprint density at radius 1 is 0.190 bits per heavy atom. The van der Waals surface area contributed by atoms with Crippen LogP contribution in [0, 0.1) is 0 Å². The van der Waals surface area contributed by atoms with E-state index in [1.54, 1.807) is 0 Å². The fourth-order valence-electron chi connectivity index (χ4n) is 13.1. The van der Waals surface area contributed by atoms with Gasteiger partial charge in [-0.2, -0.15) is 0 Å². The van der Waals surface area contributed by atoms with E-state index in [0.717, 1.165) is 78.5 Å². The van der Waals surface area contributed by atoms with Crippen molar-refractivity contribution in [2.45, 2.75) is 0 Å². The largest absolute Gasteiger partial charge is 0.310 e. The van der Waals surface area contributed by atoms with Crippen LogP contribution in [0.15, 0.2) is 328 Å². The average Bonchev–Trinajstić information content (AvgIpc) is 1.66. The second kappa shape index (κ2) is 20.4. The van der Waals surface area contributed by atoms with Gasteiger partial charge in [-0.15, -0.1) is 0 Å². The fraction of sp³-hybridized carbons (Fsp3) is 0. The average molecular weight is 1070 g/mol. The van der Waals surface area contributed by atoms with E-state index in [4.69, 9.17) is 0 Å². The second-order valence-electron chi connectivity index (χ2n) is 21.6. The zero-order valence-electron chi connectivity index (χ0n) is 46.0. The van der Waals surface area contributed by atoms with E-state index in [-0.39, 0.29) is 0 Å². The molecular formula is C80H54N4. The van der Waals surface area contributed by atoms with E-state index in [9.17, 15) is 0 Å². The van der Waals surface area contributed by atoms with Crippen LogP contribution >= 0.6 is 0 Å². The summed E-state index contributed by atoms with van der Waals surface area (Å²) in [6.07, 6.45) is 0. The maximum atomic E-state index is 2.51. The molecule has 0 saturated carbocycles. The smallest absolute Gasteiger partial charge is 0.0618 e. The van der Waals surface area contributed by atoms with Crippen molar-refractivity contribution in [2.75, 3.05) is 9.80 Å². The molecule has 16 aromatic rings. The lowest BCUT2D eigenvalue weighted by Gasteiger charge is -2.30. The van der Waals surface area contributed by atoms with E-state index in [2.05, 4.69) is 347 Å². The van der Waals surface area contributed by atoms with E-state index in [1.165, 1.54) is 65.6 Å². The molecule has 0 saturated heterocycles. The fourth-order valence-corrected chi connectivity index (χ4v) is 13.1. The maximum Gasteiger partial charge on any atom is 0.0618 e. The lowest BCUT2D eigenvalue weighted by atomic mass is 9.89. The Labute approximate surface area is 487 Å². The van der Waals surface area contributed by atoms with Gasteiger partial charge in [0.25, 0.3) is 0 Å². The predicted octanol–water partition coefficient (Wildman–Crippen LogP) is 22.1. The molecule has 394 valence electrons. The monoisotopic (exact) mass is 1070 g/mol. The molecule has 0 N–H and O–H groups in total. The van der Waals surface area contributed by atoms with Crippen LogP contribution in [0.25, 0.3) is 110 Å². The van der Waals surface area contributed by atoms with Crippen molar-refractivity contribution < 1.29 is 0 Å². The third-order valence-corrected chi connectivity index (χ3v) is 16.8. The highest BCUT2D eigenvalue weighted by molar-refractivity contribution is 6.23. The predicted molar refractivity (Wildman–Crippen MR) is 356 cm³/mol. The first-order valence-corrected chi connectivity index (χ1v) is 28.8. The van der Waals surface area contributed by atoms with Gasteiger partial charge in [0.05, 0.1) is 27.8 Å². The number of hydrogen-bond acceptors (Lipinski definition) is 2. The molecule has 0 bridgehead atoms. The molecule has 0 amide bonds. The van der Waals surface area contributed by atoms with Crippen LogP contribution < -0.4 is 9.80 Å². The number of nitrogens with zero attached hydrogens (tertiary/aromatic N) is 4. The summed E-state index contributed by atoms with van der Waals surface area (Å²) in [4.78, 5) is 4.92. The molecule has 2 aromatic heterocycles. The Bertz CT molecular complexity index is 5070. The summed E-state index contributed by atoms with van der Waals surface area (Å²) in [7, 11) is 0. The number of rotatable bonds is 11. The van der Waals surface area contributed by atoms with Crippen molar-refractivity contribution in [1.29, 1.82) is 0 Å². The number of aromatic nitrogens is 2. The summed E-state index contributed by atoms with van der Waals surface area (Å²) in [5, 5.41) is 9.50. The lowest BCUT2D eigenvalue weighted by Crippen LogP contribution is -2.12. The molecule has 0 spiro atoms. The molecule has 0 atom stereocenters. The highest BCUT2D eigenvalue weighted by Gasteiger charge is 2.25. The molecule has 4 nitrogen and oxygen atoms in total. The van der Waals surface area contributed by atoms with Crippen LogP contribution in [0.5, 0.6) is 0 Å². The van der Waals surface area contributed by atoms with E-state index in [0.29, 0.717) is 0 Å². The van der Waals surface area contributed by atoms with Crippen LogP contribution in [0.4, 0.5) is 34.1 Å². The minimum atomic E-state index is 1.06. The first-order valence-electron chi connectivity index (χ1n) is 28.8. The van der Waals surface area contributed by atoms with Crippen molar-refractivity contribution in [3.63, 3.8) is 0 Å². The number of fused-ring (bicyclic) bond motifs is 8. The summed E-state index contributed by atoms with van der Waals surface area (Å²) in [6, 6.07) is 120. The topological polar surface area (TPSA) is 16.3 Å². The Morgan fingerprint density at radius 3 is 1.01 bits per heavy atom. The van der Waals surface area contributed by atoms with Gasteiger partial charge in [-0.25, -0.2) is 0 Å². The molecule has 14 aromatic carbocycles. The molecule has 2 heterocycles. The maximum absolute atomic E-state index is 2.51. The van der Waals surface area contributed by atoms with Gasteiger partial charge in [-0.05, 0) is 153 Å². The van der Waals surface area contributed by atoms with Gasteiger partial charge in [-0.3, -0.25) is 0 Å². The second-order valence-corrected chi connectivity index (χ2v) is 21.6. The first kappa shape index (κ1) is 48.7. The van der Waals surface area contributed by atoms with Gasteiger partial charge in [0.15, 0.2) is 0 Å². The van der Waals surface area contributed by atoms with Gasteiger partial charge in [0.2, 0.25) is 0 Å². The highest BCUT2D eigenvalue weighted by atomic mass is 15.2. The highest BCUT2D eigenvalue weighted by Crippen LogP contribution is 2.50. The van der Waals surface area contributed by atoms with Crippen molar-refractivity contribution in [1.82, 2.24) is 9.13 Å². The van der Waals surface area contributed by atoms with Crippen molar-refractivity contribution in [2.24, 2.45) is 0 Å². The van der Waals surface area contributed by atoms with Crippen LogP contribution in [0.3, 0.4) is 0 Å². The van der Waals surface area contributed by atoms with Gasteiger partial charge in [-0.1, -0.05) is 218 Å². The summed E-state index contributed by atoms with van der Waals surface area (Å²) >= 11 is 0. The Kier molecular flexibility index (Phi) is 11.8. The quantitative estimate of drug-likeness (QED) is 0.120. The summed E-state index contributed by atoms with van der Waals surface area (Å²) in [5.41, 5.74) is 20.5. The minimum absolute atomic E-state index is 1.06. The number of para-hydroxylation sites is 4. The molecule has 0 aliphatic heterocycles. The number of hydrogen-bond donors (Lipinski definition) is 0. The summed E-state index contributed by atoms with van der Waals surface area (Å²) in [6.45, 7) is 0. The first-order chi connectivity index (χ1) is 41.7. The molecule has 84 heavy (non-hydrogen) atoms. The van der Waals surface area contributed by atoms with Crippen molar-refractivity contribution in [3.8, 4) is 44.8 Å². The zero-order chi connectivity index (χ0) is 55.5. The number of benzene rings is 14. The molecular weight excluding hydrogens is 1020 g/mol. The SMILES string of the molecule is c1ccc(-c2cccc(N(c3ccc(-c4c5ccccc5c(N(c5cccc(-c6ccccc6)c5)c5ccc6c(c5)c5ccccc5n6-c5ccccc5)c5ccccc45)cc3)c3ccc4c(c3)c3ccccc3n4-c3ccccc3)c2)cc1. The Balaban J connectivity index is 0.884. The van der Waals surface area contributed by atoms with Gasteiger partial charge >= 0.3 is 0 Å². The summed E-state index contributed by atoms with van der Waals surface area (Å²) in [5.74, 6) is 0. The van der Waals surface area contributed by atoms with Crippen LogP contribution in [-0.2, 0) is 0 Å². The Morgan fingerprint density at radius 2 is 0.536 bits per heavy atom. The van der Waals surface area contributed by atoms with Crippen molar-refractivity contribution >= 4 is 99.3 Å². The van der Waals surface area contributed by atoms with Crippen molar-refractivity contribution in [3.05, 3.63) is 328 Å². The van der Waals surface area contributed by atoms with Gasteiger partial charge in [0, 0.05) is 72.1 Å². The van der Waals surface area contributed by atoms with Gasteiger partial charge < -0.3 is 18.9 Å². The normalized spacial score (nSPS) is 11.6. The molecule has 4 heteroatoms. The zero-order valence-corrected chi connectivity index (χ0v) is 46.0. The minimum Gasteiger partial charge on any atom is -0.310 e. The molecule has 0 radical (unpaired) electrons. The van der Waals surface area contributed by atoms with E-state index < -0.39 is 0 Å². The van der Waals surface area contributed by atoms with Crippen LogP contribution in [0.2, 0.25) is 0 Å². The molecule has 0 aliphatic rings. The van der Waals surface area contributed by atoms with E-state index in [1.807, 2.05) is 0 Å². The summed E-state index contributed by atoms with van der Waals surface area (Å²) < 4.78 is 4.78.